The highest BCUT2D eigenvalue weighted by Gasteiger charge is 2.39. The number of benzene rings is 2. The number of carbonyl (C=O) groups excluding carboxylic acids is 2. The molecule has 6 nitrogen and oxygen atoms in total. The Morgan fingerprint density at radius 2 is 1.52 bits per heavy atom. The van der Waals surface area contributed by atoms with Crippen LogP contribution in [0.15, 0.2) is 85.2 Å². The fourth-order valence-corrected chi connectivity index (χ4v) is 4.36. The Balaban J connectivity index is 1.37. The van der Waals surface area contributed by atoms with Crippen LogP contribution in [0.25, 0.3) is 0 Å². The summed E-state index contributed by atoms with van der Waals surface area (Å²) in [4.78, 5) is 31.3. The summed E-state index contributed by atoms with van der Waals surface area (Å²) in [6.07, 6.45) is 4.94. The molecule has 3 aromatic rings. The minimum Gasteiger partial charge on any atom is -0.445 e. The highest BCUT2D eigenvalue weighted by molar-refractivity contribution is 5.78. The predicted molar refractivity (Wildman–Crippen MR) is 126 cm³/mol. The van der Waals surface area contributed by atoms with Crippen LogP contribution in [0.5, 0.6) is 0 Å². The Kier molecular flexibility index (Phi) is 7.35. The van der Waals surface area contributed by atoms with E-state index in [1.807, 2.05) is 60.7 Å². The first-order valence-electron chi connectivity index (χ1n) is 11.3. The van der Waals surface area contributed by atoms with Crippen molar-refractivity contribution in [2.24, 2.45) is 0 Å². The summed E-state index contributed by atoms with van der Waals surface area (Å²) in [5.74, 6) is 0.00997. The standard InChI is InChI=1S/C27H29N3O3/c31-25(29-20-22-11-15-28-16-12-22)19-27(24-9-5-2-6-10-24)13-17-30(18-14-27)26(32)33-21-23-7-3-1-4-8-23/h1-12,15-16H,13-14,17-21H2,(H,29,31). The van der Waals surface area contributed by atoms with Crippen molar-refractivity contribution < 1.29 is 14.3 Å². The van der Waals surface area contributed by atoms with Gasteiger partial charge in [0.15, 0.2) is 0 Å². The van der Waals surface area contributed by atoms with Gasteiger partial charge < -0.3 is 15.0 Å². The molecule has 2 aromatic carbocycles. The summed E-state index contributed by atoms with van der Waals surface area (Å²) in [5, 5.41) is 3.04. The highest BCUT2D eigenvalue weighted by Crippen LogP contribution is 2.39. The van der Waals surface area contributed by atoms with E-state index in [4.69, 9.17) is 4.74 Å². The summed E-state index contributed by atoms with van der Waals surface area (Å²) in [7, 11) is 0. The largest absolute Gasteiger partial charge is 0.445 e. The lowest BCUT2D eigenvalue weighted by atomic mass is 9.70. The molecule has 0 aliphatic carbocycles. The third-order valence-corrected chi connectivity index (χ3v) is 6.31. The molecular formula is C27H29N3O3. The SMILES string of the molecule is O=C(CC1(c2ccccc2)CCN(C(=O)OCc2ccccc2)CC1)NCc1ccncc1. The Labute approximate surface area is 194 Å². The van der Waals surface area contributed by atoms with Crippen LogP contribution in [0, 0.1) is 0 Å². The molecule has 0 unspecified atom stereocenters. The fourth-order valence-electron chi connectivity index (χ4n) is 4.36. The second kappa shape index (κ2) is 10.8. The van der Waals surface area contributed by atoms with Crippen LogP contribution in [-0.2, 0) is 28.1 Å². The molecule has 2 amide bonds. The second-order valence-electron chi connectivity index (χ2n) is 8.48. The molecule has 1 aromatic heterocycles. The van der Waals surface area contributed by atoms with Crippen LogP contribution in [0.3, 0.4) is 0 Å². The van der Waals surface area contributed by atoms with Crippen molar-refractivity contribution in [3.05, 3.63) is 102 Å². The Bertz CT molecular complexity index is 1030. The number of nitrogens with zero attached hydrogens (tertiary/aromatic N) is 2. The summed E-state index contributed by atoms with van der Waals surface area (Å²) in [6, 6.07) is 23.6. The van der Waals surface area contributed by atoms with Gasteiger partial charge in [-0.1, -0.05) is 60.7 Å². The third-order valence-electron chi connectivity index (χ3n) is 6.31. The molecule has 1 saturated heterocycles. The van der Waals surface area contributed by atoms with Gasteiger partial charge in [-0.15, -0.1) is 0 Å². The zero-order chi connectivity index (χ0) is 22.9. The number of piperidine rings is 1. The minimum absolute atomic E-state index is 0.00997. The molecule has 0 spiro atoms. The maximum atomic E-state index is 12.9. The van der Waals surface area contributed by atoms with E-state index in [1.54, 1.807) is 17.3 Å². The van der Waals surface area contributed by atoms with Crippen LogP contribution in [0.1, 0.15) is 36.0 Å². The number of pyridine rings is 1. The number of ether oxygens (including phenoxy) is 1. The van der Waals surface area contributed by atoms with Gasteiger partial charge in [0, 0.05) is 43.9 Å². The van der Waals surface area contributed by atoms with Crippen molar-refractivity contribution in [2.45, 2.75) is 37.8 Å². The minimum atomic E-state index is -0.306. The maximum absolute atomic E-state index is 12.9. The van der Waals surface area contributed by atoms with Gasteiger partial charge >= 0.3 is 6.09 Å². The van der Waals surface area contributed by atoms with Crippen molar-refractivity contribution in [3.63, 3.8) is 0 Å². The number of nitrogens with one attached hydrogen (secondary N) is 1. The van der Waals surface area contributed by atoms with Gasteiger partial charge in [-0.25, -0.2) is 4.79 Å². The topological polar surface area (TPSA) is 71.5 Å². The first kappa shape index (κ1) is 22.5. The van der Waals surface area contributed by atoms with E-state index in [1.165, 1.54) is 0 Å². The zero-order valence-electron chi connectivity index (χ0n) is 18.7. The second-order valence-corrected chi connectivity index (χ2v) is 8.48. The van der Waals surface area contributed by atoms with E-state index in [9.17, 15) is 9.59 Å². The Morgan fingerprint density at radius 1 is 0.879 bits per heavy atom. The molecule has 0 atom stereocenters. The zero-order valence-corrected chi connectivity index (χ0v) is 18.7. The molecule has 0 bridgehead atoms. The first-order valence-corrected chi connectivity index (χ1v) is 11.3. The van der Waals surface area contributed by atoms with Crippen molar-refractivity contribution in [3.8, 4) is 0 Å². The number of likely N-dealkylation sites (tertiary alicyclic amines) is 1. The number of amides is 2. The maximum Gasteiger partial charge on any atom is 0.410 e. The van der Waals surface area contributed by atoms with Crippen LogP contribution < -0.4 is 5.32 Å². The number of rotatable bonds is 7. The molecule has 33 heavy (non-hydrogen) atoms. The molecule has 1 aliphatic rings. The molecule has 1 N–H and O–H groups in total. The van der Waals surface area contributed by atoms with Gasteiger partial charge in [0.2, 0.25) is 5.91 Å². The summed E-state index contributed by atoms with van der Waals surface area (Å²) >= 11 is 0. The van der Waals surface area contributed by atoms with E-state index in [0.717, 1.165) is 16.7 Å². The van der Waals surface area contributed by atoms with Crippen molar-refractivity contribution in [1.29, 1.82) is 0 Å². The average Bonchev–Trinajstić information content (AvgIpc) is 2.88. The molecule has 1 aliphatic heterocycles. The summed E-state index contributed by atoms with van der Waals surface area (Å²) in [6.45, 7) is 1.85. The molecule has 170 valence electrons. The van der Waals surface area contributed by atoms with Gasteiger partial charge in [0.1, 0.15) is 6.61 Å². The van der Waals surface area contributed by atoms with Crippen LogP contribution in [0.2, 0.25) is 0 Å². The van der Waals surface area contributed by atoms with Crippen LogP contribution >= 0.6 is 0 Å². The average molecular weight is 444 g/mol. The lowest BCUT2D eigenvalue weighted by molar-refractivity contribution is -0.123. The number of hydrogen-bond acceptors (Lipinski definition) is 4. The normalized spacial score (nSPS) is 15.0. The van der Waals surface area contributed by atoms with Gasteiger partial charge in [-0.05, 0) is 41.7 Å². The Morgan fingerprint density at radius 3 is 2.18 bits per heavy atom. The van der Waals surface area contributed by atoms with E-state index in [-0.39, 0.29) is 24.0 Å². The van der Waals surface area contributed by atoms with Crippen molar-refractivity contribution >= 4 is 12.0 Å². The number of carbonyl (C=O) groups is 2. The fraction of sp³-hybridized carbons (Fsp3) is 0.296. The van der Waals surface area contributed by atoms with E-state index in [0.29, 0.717) is 38.9 Å². The summed E-state index contributed by atoms with van der Waals surface area (Å²) in [5.41, 5.74) is 2.82. The van der Waals surface area contributed by atoms with E-state index < -0.39 is 0 Å². The molecule has 4 rings (SSSR count). The molecule has 0 saturated carbocycles. The third kappa shape index (κ3) is 5.98. The summed E-state index contributed by atoms with van der Waals surface area (Å²) < 4.78 is 5.51. The molecule has 1 fully saturated rings. The van der Waals surface area contributed by atoms with Crippen LogP contribution in [0.4, 0.5) is 4.79 Å². The van der Waals surface area contributed by atoms with Crippen molar-refractivity contribution in [1.82, 2.24) is 15.2 Å². The van der Waals surface area contributed by atoms with Crippen LogP contribution in [-0.4, -0.2) is 35.0 Å². The monoisotopic (exact) mass is 443 g/mol. The van der Waals surface area contributed by atoms with Gasteiger partial charge in [0.25, 0.3) is 0 Å². The molecule has 6 heteroatoms. The Hall–Kier alpha value is -3.67. The van der Waals surface area contributed by atoms with Gasteiger partial charge in [-0.3, -0.25) is 9.78 Å². The number of aromatic nitrogens is 1. The molecule has 2 heterocycles. The molecular weight excluding hydrogens is 414 g/mol. The smallest absolute Gasteiger partial charge is 0.410 e. The van der Waals surface area contributed by atoms with Gasteiger partial charge in [0.05, 0.1) is 0 Å². The molecule has 0 radical (unpaired) electrons. The van der Waals surface area contributed by atoms with E-state index in [2.05, 4.69) is 22.4 Å². The van der Waals surface area contributed by atoms with E-state index >= 15 is 0 Å². The van der Waals surface area contributed by atoms with Crippen molar-refractivity contribution in [2.75, 3.05) is 13.1 Å². The predicted octanol–water partition coefficient (Wildman–Crippen LogP) is 4.46. The first-order chi connectivity index (χ1) is 16.1. The number of hydrogen-bond donors (Lipinski definition) is 1. The quantitative estimate of drug-likeness (QED) is 0.585. The lowest BCUT2D eigenvalue weighted by Gasteiger charge is -2.41. The van der Waals surface area contributed by atoms with Gasteiger partial charge in [-0.2, -0.15) is 0 Å². The lowest BCUT2D eigenvalue weighted by Crippen LogP contribution is -2.47. The highest BCUT2D eigenvalue weighted by atomic mass is 16.6.